The Hall–Kier alpha value is -4.46. The number of nitro benzene ring substituents is 1. The summed E-state index contributed by atoms with van der Waals surface area (Å²) in [5.74, 6) is 0.114. The zero-order valence-corrected chi connectivity index (χ0v) is 26.4. The summed E-state index contributed by atoms with van der Waals surface area (Å²) < 4.78 is 39.8. The topological polar surface area (TPSA) is 140 Å². The molecule has 0 saturated carbocycles. The minimum atomic E-state index is -4.38. The number of rotatable bonds is 13. The number of nitro groups is 1. The lowest BCUT2D eigenvalue weighted by Crippen LogP contribution is -2.39. The maximum Gasteiger partial charge on any atom is 0.294 e. The number of amides is 1. The molecule has 0 aliphatic carbocycles. The van der Waals surface area contributed by atoms with Crippen molar-refractivity contribution in [2.45, 2.75) is 18.4 Å². The molecule has 0 bridgehead atoms. The predicted octanol–water partition coefficient (Wildman–Crippen LogP) is 6.33. The van der Waals surface area contributed by atoms with Crippen molar-refractivity contribution in [2.75, 3.05) is 17.5 Å². The van der Waals surface area contributed by atoms with Gasteiger partial charge in [0.25, 0.3) is 21.6 Å². The molecule has 0 spiro atoms. The Morgan fingerprint density at radius 3 is 2.50 bits per heavy atom. The Kier molecular flexibility index (Phi) is 10.9. The quantitative estimate of drug-likeness (QED) is 0.0976. The van der Waals surface area contributed by atoms with Gasteiger partial charge in [-0.2, -0.15) is 5.10 Å². The summed E-state index contributed by atoms with van der Waals surface area (Å²) in [6.45, 7) is 1.69. The summed E-state index contributed by atoms with van der Waals surface area (Å²) >= 11 is 9.21. The van der Waals surface area contributed by atoms with Crippen LogP contribution in [-0.4, -0.2) is 38.6 Å². The van der Waals surface area contributed by atoms with E-state index in [-0.39, 0.29) is 17.2 Å². The second-order valence-electron chi connectivity index (χ2n) is 9.07. The Balaban J connectivity index is 1.52. The summed E-state index contributed by atoms with van der Waals surface area (Å²) in [7, 11) is -4.38. The van der Waals surface area contributed by atoms with E-state index in [2.05, 4.69) is 26.5 Å². The van der Waals surface area contributed by atoms with Crippen LogP contribution in [0.5, 0.6) is 11.5 Å². The standard InChI is InChI=1S/C30H26BrClN4O7S/c1-2-42-29-16-21(11-14-28(29)43-20-22-7-6-8-24(32)15-22)18-33-34-30(37)19-35(44(40,41)25-9-4-3-5-10-25)26-13-12-23(31)17-27(26)36(38)39/h3-18H,2,19-20H2,1H3,(H,34,37)/b33-18-. The van der Waals surface area contributed by atoms with E-state index in [9.17, 15) is 23.3 Å². The van der Waals surface area contributed by atoms with Crippen LogP contribution in [0.2, 0.25) is 5.02 Å². The highest BCUT2D eigenvalue weighted by Gasteiger charge is 2.32. The van der Waals surface area contributed by atoms with Crippen molar-refractivity contribution in [2.24, 2.45) is 5.10 Å². The number of anilines is 1. The number of hydrogen-bond donors (Lipinski definition) is 1. The molecule has 0 aliphatic heterocycles. The zero-order chi connectivity index (χ0) is 31.7. The molecule has 0 saturated heterocycles. The molecular formula is C30H26BrClN4O7S. The van der Waals surface area contributed by atoms with Crippen molar-refractivity contribution in [3.63, 3.8) is 0 Å². The molecule has 11 nitrogen and oxygen atoms in total. The van der Waals surface area contributed by atoms with Crippen LogP contribution in [0.1, 0.15) is 18.1 Å². The fraction of sp³-hybridized carbons (Fsp3) is 0.133. The lowest BCUT2D eigenvalue weighted by atomic mass is 10.2. The molecule has 1 N–H and O–H groups in total. The van der Waals surface area contributed by atoms with Crippen LogP contribution in [0.25, 0.3) is 0 Å². The Labute approximate surface area is 267 Å². The Bertz CT molecular complexity index is 1790. The second-order valence-corrected chi connectivity index (χ2v) is 12.3. The molecule has 1 amide bonds. The van der Waals surface area contributed by atoms with Crippen molar-refractivity contribution in [1.82, 2.24) is 5.43 Å². The first-order valence-corrected chi connectivity index (χ1v) is 15.7. The maximum atomic E-state index is 13.6. The van der Waals surface area contributed by atoms with E-state index in [0.717, 1.165) is 11.6 Å². The molecule has 4 aromatic rings. The van der Waals surface area contributed by atoms with Crippen molar-refractivity contribution >= 4 is 61.1 Å². The lowest BCUT2D eigenvalue weighted by molar-refractivity contribution is -0.384. The van der Waals surface area contributed by atoms with E-state index >= 15 is 0 Å². The molecule has 0 radical (unpaired) electrons. The van der Waals surface area contributed by atoms with Gasteiger partial charge in [-0.25, -0.2) is 18.1 Å². The van der Waals surface area contributed by atoms with Crippen molar-refractivity contribution in [1.29, 1.82) is 0 Å². The number of nitrogens with one attached hydrogen (secondary N) is 1. The molecule has 4 aromatic carbocycles. The Morgan fingerprint density at radius 2 is 1.80 bits per heavy atom. The molecule has 0 aromatic heterocycles. The van der Waals surface area contributed by atoms with Crippen LogP contribution in [0.4, 0.5) is 11.4 Å². The highest BCUT2D eigenvalue weighted by Crippen LogP contribution is 2.34. The van der Waals surface area contributed by atoms with Gasteiger partial charge in [0.15, 0.2) is 11.5 Å². The summed E-state index contributed by atoms with van der Waals surface area (Å²) in [6, 6.07) is 23.5. The maximum absolute atomic E-state index is 13.6. The van der Waals surface area contributed by atoms with Gasteiger partial charge in [-0.1, -0.05) is 57.9 Å². The Morgan fingerprint density at radius 1 is 1.02 bits per heavy atom. The van der Waals surface area contributed by atoms with Gasteiger partial charge in [-0.3, -0.25) is 14.9 Å². The molecule has 228 valence electrons. The van der Waals surface area contributed by atoms with E-state index in [1.807, 2.05) is 19.1 Å². The summed E-state index contributed by atoms with van der Waals surface area (Å²) in [5.41, 5.74) is 2.95. The monoisotopic (exact) mass is 700 g/mol. The second kappa shape index (κ2) is 14.8. The molecule has 14 heteroatoms. The van der Waals surface area contributed by atoms with Crippen LogP contribution >= 0.6 is 27.5 Å². The summed E-state index contributed by atoms with van der Waals surface area (Å²) in [5, 5.41) is 16.3. The number of hydrogen-bond acceptors (Lipinski definition) is 8. The molecule has 0 heterocycles. The molecule has 0 unspecified atom stereocenters. The van der Waals surface area contributed by atoms with Crippen molar-refractivity contribution in [3.05, 3.63) is 122 Å². The first kappa shape index (κ1) is 32.5. The number of sulfonamides is 1. The molecule has 4 rings (SSSR count). The van der Waals surface area contributed by atoms with E-state index in [1.54, 1.807) is 36.4 Å². The number of ether oxygens (including phenoxy) is 2. The highest BCUT2D eigenvalue weighted by molar-refractivity contribution is 9.10. The van der Waals surface area contributed by atoms with Gasteiger partial charge in [0.2, 0.25) is 0 Å². The van der Waals surface area contributed by atoms with E-state index in [0.29, 0.717) is 37.5 Å². The van der Waals surface area contributed by atoms with Crippen LogP contribution in [-0.2, 0) is 21.4 Å². The SMILES string of the molecule is CCOc1cc(/C=N\NC(=O)CN(c2ccc(Br)cc2[N+](=O)[O-])S(=O)(=O)c2ccccc2)ccc1OCc1cccc(Cl)c1. The lowest BCUT2D eigenvalue weighted by Gasteiger charge is -2.23. The normalized spacial score (nSPS) is 11.2. The van der Waals surface area contributed by atoms with Crippen LogP contribution < -0.4 is 19.2 Å². The van der Waals surface area contributed by atoms with Crippen molar-refractivity contribution < 1.29 is 27.6 Å². The zero-order valence-electron chi connectivity index (χ0n) is 23.2. The van der Waals surface area contributed by atoms with Crippen LogP contribution in [0.3, 0.4) is 0 Å². The van der Waals surface area contributed by atoms with Gasteiger partial charge in [-0.05, 0) is 72.6 Å². The van der Waals surface area contributed by atoms with E-state index in [4.69, 9.17) is 21.1 Å². The predicted molar refractivity (Wildman–Crippen MR) is 171 cm³/mol. The molecular weight excluding hydrogens is 676 g/mol. The van der Waals surface area contributed by atoms with Gasteiger partial charge in [-0.15, -0.1) is 0 Å². The van der Waals surface area contributed by atoms with E-state index < -0.39 is 33.1 Å². The molecule has 0 aliphatic rings. The molecule has 0 atom stereocenters. The van der Waals surface area contributed by atoms with Gasteiger partial charge >= 0.3 is 0 Å². The number of nitrogens with zero attached hydrogens (tertiary/aromatic N) is 3. The van der Waals surface area contributed by atoms with Gasteiger partial charge in [0, 0.05) is 15.6 Å². The fourth-order valence-corrected chi connectivity index (χ4v) is 6.02. The minimum Gasteiger partial charge on any atom is -0.490 e. The molecule has 44 heavy (non-hydrogen) atoms. The highest BCUT2D eigenvalue weighted by atomic mass is 79.9. The van der Waals surface area contributed by atoms with Gasteiger partial charge in [0.1, 0.15) is 18.8 Å². The number of carbonyl (C=O) groups is 1. The average Bonchev–Trinajstić information content (AvgIpc) is 3.00. The first-order chi connectivity index (χ1) is 21.1. The summed E-state index contributed by atoms with van der Waals surface area (Å²) in [4.78, 5) is 23.9. The third kappa shape index (κ3) is 8.34. The average molecular weight is 702 g/mol. The van der Waals surface area contributed by atoms with E-state index in [1.165, 1.54) is 42.6 Å². The van der Waals surface area contributed by atoms with Crippen LogP contribution in [0, 0.1) is 10.1 Å². The van der Waals surface area contributed by atoms with Crippen LogP contribution in [0.15, 0.2) is 105 Å². The number of benzene rings is 4. The van der Waals surface area contributed by atoms with Gasteiger partial charge < -0.3 is 9.47 Å². The fourth-order valence-electron chi connectivity index (χ4n) is 4.00. The minimum absolute atomic E-state index is 0.144. The number of hydrazone groups is 1. The van der Waals surface area contributed by atoms with Crippen molar-refractivity contribution in [3.8, 4) is 11.5 Å². The number of halogens is 2. The summed E-state index contributed by atoms with van der Waals surface area (Å²) in [6.07, 6.45) is 1.35. The third-order valence-electron chi connectivity index (χ3n) is 5.98. The third-order valence-corrected chi connectivity index (χ3v) is 8.48. The largest absolute Gasteiger partial charge is 0.490 e. The molecule has 0 fully saturated rings. The smallest absolute Gasteiger partial charge is 0.294 e. The van der Waals surface area contributed by atoms with Gasteiger partial charge in [0.05, 0.1) is 22.6 Å². The first-order valence-electron chi connectivity index (χ1n) is 13.1. The number of carbonyl (C=O) groups excluding carboxylic acids is 1.